The van der Waals surface area contributed by atoms with Gasteiger partial charge in [-0.15, -0.1) is 5.10 Å². The topological polar surface area (TPSA) is 89.9 Å². The Morgan fingerprint density at radius 1 is 1.59 bits per heavy atom. The number of hydrogen-bond acceptors (Lipinski definition) is 6. The summed E-state index contributed by atoms with van der Waals surface area (Å²) in [5.74, 6) is 0.395. The second kappa shape index (κ2) is 6.55. The molecule has 0 saturated heterocycles. The smallest absolute Gasteiger partial charge is 0.233 e. The van der Waals surface area contributed by atoms with Crippen molar-refractivity contribution >= 4 is 17.7 Å². The number of rotatable bonds is 6. The quantitative estimate of drug-likeness (QED) is 0.698. The Balaban J connectivity index is 2.50. The van der Waals surface area contributed by atoms with E-state index in [1.54, 1.807) is 16.6 Å². The molecular formula is C9H18N6OS. The number of nitrogens with two attached hydrogens (primary N) is 1. The Labute approximate surface area is 105 Å². The molecule has 1 rings (SSSR count). The highest BCUT2D eigenvalue weighted by molar-refractivity contribution is 7.99. The first-order valence-corrected chi connectivity index (χ1v) is 6.39. The lowest BCUT2D eigenvalue weighted by Gasteiger charge is -2.20. The van der Waals surface area contributed by atoms with Crippen LogP contribution in [0.15, 0.2) is 5.16 Å². The summed E-state index contributed by atoms with van der Waals surface area (Å²) < 4.78 is 1.60. The van der Waals surface area contributed by atoms with Crippen molar-refractivity contribution in [1.29, 1.82) is 0 Å². The van der Waals surface area contributed by atoms with Gasteiger partial charge in [0, 0.05) is 19.6 Å². The van der Waals surface area contributed by atoms with E-state index in [0.717, 1.165) is 0 Å². The van der Waals surface area contributed by atoms with Crippen LogP contribution in [0.4, 0.5) is 0 Å². The van der Waals surface area contributed by atoms with Crippen molar-refractivity contribution in [2.24, 2.45) is 5.73 Å². The molecule has 0 saturated carbocycles. The Hall–Kier alpha value is -1.15. The highest BCUT2D eigenvalue weighted by Crippen LogP contribution is 2.14. The summed E-state index contributed by atoms with van der Waals surface area (Å²) in [4.78, 5) is 13.4. The van der Waals surface area contributed by atoms with Crippen LogP contribution in [0.3, 0.4) is 0 Å². The molecule has 8 heteroatoms. The molecule has 1 aromatic rings. The average Bonchev–Trinajstić information content (AvgIpc) is 2.73. The molecule has 0 radical (unpaired) electrons. The van der Waals surface area contributed by atoms with Crippen LogP contribution in [0.5, 0.6) is 0 Å². The van der Waals surface area contributed by atoms with Crippen LogP contribution < -0.4 is 5.73 Å². The molecule has 7 nitrogen and oxygen atoms in total. The number of thioether (sulfide) groups is 1. The molecule has 1 heterocycles. The minimum absolute atomic E-state index is 0.0623. The van der Waals surface area contributed by atoms with Gasteiger partial charge in [0.1, 0.15) is 0 Å². The van der Waals surface area contributed by atoms with Crippen molar-refractivity contribution in [3.05, 3.63) is 0 Å². The lowest BCUT2D eigenvalue weighted by molar-refractivity contribution is -0.128. The zero-order chi connectivity index (χ0) is 12.8. The summed E-state index contributed by atoms with van der Waals surface area (Å²) in [7, 11) is 1.79. The fraction of sp³-hybridized carbons (Fsp3) is 0.778. The molecule has 0 aromatic carbocycles. The molecule has 1 amide bonds. The number of amides is 1. The molecule has 1 aromatic heterocycles. The van der Waals surface area contributed by atoms with Crippen molar-refractivity contribution in [1.82, 2.24) is 25.1 Å². The molecule has 0 bridgehead atoms. The Kier molecular flexibility index (Phi) is 5.36. The van der Waals surface area contributed by atoms with Gasteiger partial charge in [0.05, 0.1) is 12.3 Å². The normalized spacial score (nSPS) is 10.9. The standard InChI is InChI=1S/C9H18N6OS/c1-7(2)14(3)8(16)6-17-9-11-12-13-15(9)5-4-10/h7H,4-6,10H2,1-3H3. The van der Waals surface area contributed by atoms with Crippen LogP contribution in [0.25, 0.3) is 0 Å². The number of carbonyl (C=O) groups excluding carboxylic acids is 1. The van der Waals surface area contributed by atoms with Crippen LogP contribution in [-0.4, -0.2) is 56.4 Å². The minimum Gasteiger partial charge on any atom is -0.343 e. The van der Waals surface area contributed by atoms with Crippen molar-refractivity contribution < 1.29 is 4.79 Å². The minimum atomic E-state index is 0.0623. The second-order valence-electron chi connectivity index (χ2n) is 3.86. The summed E-state index contributed by atoms with van der Waals surface area (Å²) in [5.41, 5.74) is 5.43. The van der Waals surface area contributed by atoms with E-state index in [-0.39, 0.29) is 11.9 Å². The second-order valence-corrected chi connectivity index (χ2v) is 4.80. The average molecular weight is 258 g/mol. The Morgan fingerprint density at radius 3 is 2.88 bits per heavy atom. The van der Waals surface area contributed by atoms with Crippen molar-refractivity contribution in [2.45, 2.75) is 31.6 Å². The SMILES string of the molecule is CC(C)N(C)C(=O)CSc1nnnn1CCN. The van der Waals surface area contributed by atoms with Crippen LogP contribution >= 0.6 is 11.8 Å². The predicted octanol–water partition coefficient (Wildman–Crippen LogP) is -0.409. The van der Waals surface area contributed by atoms with Gasteiger partial charge in [0.15, 0.2) is 0 Å². The lowest BCUT2D eigenvalue weighted by atomic mass is 10.3. The van der Waals surface area contributed by atoms with Crippen molar-refractivity contribution in [2.75, 3.05) is 19.3 Å². The van der Waals surface area contributed by atoms with Crippen LogP contribution in [0, 0.1) is 0 Å². The summed E-state index contributed by atoms with van der Waals surface area (Å²) >= 11 is 1.33. The van der Waals surface area contributed by atoms with Crippen molar-refractivity contribution in [3.63, 3.8) is 0 Å². The largest absolute Gasteiger partial charge is 0.343 e. The van der Waals surface area contributed by atoms with Crippen LogP contribution in [0.1, 0.15) is 13.8 Å². The zero-order valence-corrected chi connectivity index (χ0v) is 11.1. The van der Waals surface area contributed by atoms with Gasteiger partial charge in [0.2, 0.25) is 11.1 Å². The fourth-order valence-corrected chi connectivity index (χ4v) is 1.91. The molecule has 96 valence electrons. The van der Waals surface area contributed by atoms with E-state index in [2.05, 4.69) is 15.5 Å². The molecule has 0 spiro atoms. The molecule has 0 fully saturated rings. The maximum Gasteiger partial charge on any atom is 0.233 e. The lowest BCUT2D eigenvalue weighted by Crippen LogP contribution is -2.34. The molecule has 0 atom stereocenters. The maximum absolute atomic E-state index is 11.8. The molecule has 0 aliphatic carbocycles. The van der Waals surface area contributed by atoms with E-state index >= 15 is 0 Å². The monoisotopic (exact) mass is 258 g/mol. The van der Waals surface area contributed by atoms with E-state index in [1.165, 1.54) is 11.8 Å². The Bertz CT molecular complexity index is 366. The van der Waals surface area contributed by atoms with Gasteiger partial charge in [-0.3, -0.25) is 4.79 Å². The summed E-state index contributed by atoms with van der Waals surface area (Å²) in [5, 5.41) is 11.8. The zero-order valence-electron chi connectivity index (χ0n) is 10.3. The highest BCUT2D eigenvalue weighted by Gasteiger charge is 2.14. The van der Waals surface area contributed by atoms with E-state index in [1.807, 2.05) is 13.8 Å². The van der Waals surface area contributed by atoms with Gasteiger partial charge in [-0.2, -0.15) is 0 Å². The Morgan fingerprint density at radius 2 is 2.29 bits per heavy atom. The van der Waals surface area contributed by atoms with E-state index < -0.39 is 0 Å². The van der Waals surface area contributed by atoms with Gasteiger partial charge in [0.25, 0.3) is 0 Å². The number of hydrogen-bond donors (Lipinski definition) is 1. The predicted molar refractivity (Wildman–Crippen MR) is 65.5 cm³/mol. The third-order valence-corrected chi connectivity index (χ3v) is 3.27. The number of tetrazole rings is 1. The van der Waals surface area contributed by atoms with E-state index in [0.29, 0.717) is 24.0 Å². The van der Waals surface area contributed by atoms with Gasteiger partial charge in [-0.1, -0.05) is 11.8 Å². The number of carbonyl (C=O) groups is 1. The van der Waals surface area contributed by atoms with Crippen molar-refractivity contribution in [3.8, 4) is 0 Å². The first-order chi connectivity index (χ1) is 8.06. The maximum atomic E-state index is 11.8. The molecule has 0 aliphatic heterocycles. The molecule has 0 unspecified atom stereocenters. The summed E-state index contributed by atoms with van der Waals surface area (Å²) in [6.07, 6.45) is 0. The summed E-state index contributed by atoms with van der Waals surface area (Å²) in [6.45, 7) is 4.98. The highest BCUT2D eigenvalue weighted by atomic mass is 32.2. The summed E-state index contributed by atoms with van der Waals surface area (Å²) in [6, 6.07) is 0.197. The van der Waals surface area contributed by atoms with Gasteiger partial charge in [-0.05, 0) is 24.3 Å². The molecule has 2 N–H and O–H groups in total. The van der Waals surface area contributed by atoms with E-state index in [9.17, 15) is 4.79 Å². The van der Waals surface area contributed by atoms with E-state index in [4.69, 9.17) is 5.73 Å². The molecule has 0 aliphatic rings. The van der Waals surface area contributed by atoms with Crippen LogP contribution in [-0.2, 0) is 11.3 Å². The molecule has 17 heavy (non-hydrogen) atoms. The first-order valence-electron chi connectivity index (χ1n) is 5.41. The van der Waals surface area contributed by atoms with Gasteiger partial charge >= 0.3 is 0 Å². The van der Waals surface area contributed by atoms with Gasteiger partial charge in [-0.25, -0.2) is 4.68 Å². The third kappa shape index (κ3) is 3.97. The number of aromatic nitrogens is 4. The fourth-order valence-electron chi connectivity index (χ4n) is 1.08. The number of nitrogens with zero attached hydrogens (tertiary/aromatic N) is 5. The first kappa shape index (κ1) is 13.9. The van der Waals surface area contributed by atoms with Crippen LogP contribution in [0.2, 0.25) is 0 Å². The molecular weight excluding hydrogens is 240 g/mol. The third-order valence-electron chi connectivity index (χ3n) is 2.33. The van der Waals surface area contributed by atoms with Gasteiger partial charge < -0.3 is 10.6 Å².